The highest BCUT2D eigenvalue weighted by Crippen LogP contribution is 2.37. The van der Waals surface area contributed by atoms with E-state index >= 15 is 0 Å². The van der Waals surface area contributed by atoms with Crippen LogP contribution in [0.5, 0.6) is 0 Å². The van der Waals surface area contributed by atoms with E-state index in [0.717, 1.165) is 12.8 Å². The number of amides is 2. The minimum atomic E-state index is -0.441. The summed E-state index contributed by atoms with van der Waals surface area (Å²) in [5, 5.41) is 1.55. The standard InChI is InChI=1S/C13H23N3O4.ClH/c1-4-19-13(18)16-9-5-6-10(16)8-11(7-9)20-12(17)14-15(2)3;/h9-11H,4-8H2,1-3H3,(H,14,17);1H. The fourth-order valence-electron chi connectivity index (χ4n) is 3.08. The molecule has 2 aliphatic heterocycles. The van der Waals surface area contributed by atoms with E-state index in [1.54, 1.807) is 26.0 Å². The van der Waals surface area contributed by atoms with Gasteiger partial charge in [-0.2, -0.15) is 0 Å². The number of hydrazine groups is 1. The molecule has 2 fully saturated rings. The van der Waals surface area contributed by atoms with Gasteiger partial charge in [-0.05, 0) is 19.8 Å². The molecule has 2 amide bonds. The van der Waals surface area contributed by atoms with Crippen LogP contribution in [0, 0.1) is 0 Å². The molecular formula is C13H24ClN3O4. The zero-order chi connectivity index (χ0) is 14.7. The molecule has 0 aromatic carbocycles. The van der Waals surface area contributed by atoms with Gasteiger partial charge in [0.1, 0.15) is 6.10 Å². The molecule has 2 bridgehead atoms. The van der Waals surface area contributed by atoms with Crippen molar-refractivity contribution in [2.75, 3.05) is 20.7 Å². The summed E-state index contributed by atoms with van der Waals surface area (Å²) in [4.78, 5) is 25.3. The van der Waals surface area contributed by atoms with Crippen molar-refractivity contribution >= 4 is 24.6 Å². The van der Waals surface area contributed by atoms with Crippen LogP contribution in [0.2, 0.25) is 0 Å². The first-order valence-corrected chi connectivity index (χ1v) is 7.11. The lowest BCUT2D eigenvalue weighted by atomic mass is 10.0. The SMILES string of the molecule is CCOC(=O)N1C2CCC1CC(OC(=O)NN(C)C)C2.Cl. The lowest BCUT2D eigenvalue weighted by Crippen LogP contribution is -2.50. The van der Waals surface area contributed by atoms with E-state index in [9.17, 15) is 9.59 Å². The summed E-state index contributed by atoms with van der Waals surface area (Å²) >= 11 is 0. The number of halogens is 1. The van der Waals surface area contributed by atoms with Gasteiger partial charge in [0.25, 0.3) is 0 Å². The minimum absolute atomic E-state index is 0. The summed E-state index contributed by atoms with van der Waals surface area (Å²) in [5.41, 5.74) is 2.56. The molecule has 0 aliphatic carbocycles. The normalized spacial score (nSPS) is 27.0. The zero-order valence-corrected chi connectivity index (χ0v) is 13.5. The smallest absolute Gasteiger partial charge is 0.422 e. The van der Waals surface area contributed by atoms with Gasteiger partial charge in [0, 0.05) is 39.0 Å². The number of rotatable bonds is 3. The Morgan fingerprint density at radius 3 is 2.29 bits per heavy atom. The Kier molecular flexibility index (Phi) is 6.54. The summed E-state index contributed by atoms with van der Waals surface area (Å²) in [6.45, 7) is 2.20. The number of hydrogen-bond donors (Lipinski definition) is 1. The Balaban J connectivity index is 0.00000220. The molecule has 122 valence electrons. The van der Waals surface area contributed by atoms with E-state index in [-0.39, 0.29) is 36.7 Å². The summed E-state index contributed by atoms with van der Waals surface area (Å²) in [5.74, 6) is 0. The molecular weight excluding hydrogens is 298 g/mol. The monoisotopic (exact) mass is 321 g/mol. The van der Waals surface area contributed by atoms with Gasteiger partial charge >= 0.3 is 12.2 Å². The second-order valence-corrected chi connectivity index (χ2v) is 5.50. The second-order valence-electron chi connectivity index (χ2n) is 5.50. The molecule has 2 saturated heterocycles. The van der Waals surface area contributed by atoms with Gasteiger partial charge in [-0.25, -0.2) is 14.6 Å². The highest BCUT2D eigenvalue weighted by molar-refractivity contribution is 5.85. The van der Waals surface area contributed by atoms with Gasteiger partial charge in [-0.15, -0.1) is 12.4 Å². The number of piperidine rings is 1. The number of nitrogens with one attached hydrogen (secondary N) is 1. The minimum Gasteiger partial charge on any atom is -0.450 e. The van der Waals surface area contributed by atoms with Gasteiger partial charge < -0.3 is 14.4 Å². The average Bonchev–Trinajstić information content (AvgIpc) is 2.60. The molecule has 0 aromatic rings. The number of fused-ring (bicyclic) bond motifs is 2. The summed E-state index contributed by atoms with van der Waals surface area (Å²) in [6.07, 6.45) is 2.49. The van der Waals surface area contributed by atoms with E-state index in [0.29, 0.717) is 19.4 Å². The van der Waals surface area contributed by atoms with Crippen molar-refractivity contribution in [2.45, 2.75) is 50.8 Å². The molecule has 2 rings (SSSR count). The van der Waals surface area contributed by atoms with Crippen molar-refractivity contribution < 1.29 is 19.1 Å². The third-order valence-corrected chi connectivity index (χ3v) is 3.76. The Bertz CT molecular complexity index is 366. The Morgan fingerprint density at radius 2 is 1.81 bits per heavy atom. The number of hydrogen-bond acceptors (Lipinski definition) is 5. The van der Waals surface area contributed by atoms with Gasteiger partial charge in [-0.1, -0.05) is 0 Å². The first kappa shape index (κ1) is 17.8. The summed E-state index contributed by atoms with van der Waals surface area (Å²) < 4.78 is 10.5. The van der Waals surface area contributed by atoms with Crippen LogP contribution in [0.1, 0.15) is 32.6 Å². The number of ether oxygens (including phenoxy) is 2. The molecule has 0 radical (unpaired) electrons. The van der Waals surface area contributed by atoms with Crippen molar-refractivity contribution in [3.63, 3.8) is 0 Å². The predicted octanol–water partition coefficient (Wildman–Crippen LogP) is 1.76. The maximum Gasteiger partial charge on any atom is 0.422 e. The first-order chi connectivity index (χ1) is 9.51. The molecule has 2 atom stereocenters. The van der Waals surface area contributed by atoms with Crippen LogP contribution in [-0.2, 0) is 9.47 Å². The summed E-state index contributed by atoms with van der Waals surface area (Å²) in [7, 11) is 3.46. The van der Waals surface area contributed by atoms with Crippen molar-refractivity contribution in [3.05, 3.63) is 0 Å². The molecule has 0 spiro atoms. The van der Waals surface area contributed by atoms with E-state index in [1.165, 1.54) is 0 Å². The maximum absolute atomic E-state index is 11.9. The van der Waals surface area contributed by atoms with E-state index in [1.807, 2.05) is 4.90 Å². The summed E-state index contributed by atoms with van der Waals surface area (Å²) in [6, 6.07) is 0.259. The molecule has 2 unspecified atom stereocenters. The quantitative estimate of drug-likeness (QED) is 0.802. The van der Waals surface area contributed by atoms with Crippen molar-refractivity contribution in [1.29, 1.82) is 0 Å². The van der Waals surface area contributed by atoms with Crippen LogP contribution in [-0.4, -0.2) is 61.0 Å². The lowest BCUT2D eigenvalue weighted by molar-refractivity contribution is 0.00924. The van der Waals surface area contributed by atoms with Crippen molar-refractivity contribution in [1.82, 2.24) is 15.3 Å². The van der Waals surface area contributed by atoms with Gasteiger partial charge in [-0.3, -0.25) is 5.43 Å². The third-order valence-electron chi connectivity index (χ3n) is 3.76. The maximum atomic E-state index is 11.9. The fourth-order valence-corrected chi connectivity index (χ4v) is 3.08. The highest BCUT2D eigenvalue weighted by Gasteiger charge is 2.45. The van der Waals surface area contributed by atoms with Crippen LogP contribution < -0.4 is 5.43 Å². The van der Waals surface area contributed by atoms with Crippen molar-refractivity contribution in [3.8, 4) is 0 Å². The highest BCUT2D eigenvalue weighted by atomic mass is 35.5. The Morgan fingerprint density at radius 1 is 1.24 bits per heavy atom. The van der Waals surface area contributed by atoms with Crippen LogP contribution in [0.25, 0.3) is 0 Å². The van der Waals surface area contributed by atoms with E-state index in [4.69, 9.17) is 9.47 Å². The first-order valence-electron chi connectivity index (χ1n) is 7.11. The Labute approximate surface area is 131 Å². The van der Waals surface area contributed by atoms with Gasteiger partial charge in [0.05, 0.1) is 6.61 Å². The molecule has 2 aliphatic rings. The van der Waals surface area contributed by atoms with Crippen LogP contribution in [0.3, 0.4) is 0 Å². The third kappa shape index (κ3) is 4.38. The molecule has 8 heteroatoms. The molecule has 7 nitrogen and oxygen atoms in total. The number of carbonyl (C=O) groups excluding carboxylic acids is 2. The lowest BCUT2D eigenvalue weighted by Gasteiger charge is -2.37. The number of carbonyl (C=O) groups is 2. The largest absolute Gasteiger partial charge is 0.450 e. The number of nitrogens with zero attached hydrogens (tertiary/aromatic N) is 2. The van der Waals surface area contributed by atoms with Gasteiger partial charge in [0.2, 0.25) is 0 Å². The molecule has 2 heterocycles. The fraction of sp³-hybridized carbons (Fsp3) is 0.846. The molecule has 1 N–H and O–H groups in total. The topological polar surface area (TPSA) is 71.1 Å². The average molecular weight is 322 g/mol. The second kappa shape index (κ2) is 7.70. The Hall–Kier alpha value is -1.21. The van der Waals surface area contributed by atoms with E-state index < -0.39 is 6.09 Å². The van der Waals surface area contributed by atoms with Crippen LogP contribution in [0.4, 0.5) is 9.59 Å². The molecule has 21 heavy (non-hydrogen) atoms. The molecule has 0 saturated carbocycles. The van der Waals surface area contributed by atoms with Gasteiger partial charge in [0.15, 0.2) is 0 Å². The molecule has 0 aromatic heterocycles. The van der Waals surface area contributed by atoms with Crippen LogP contribution >= 0.6 is 12.4 Å². The van der Waals surface area contributed by atoms with Crippen LogP contribution in [0.15, 0.2) is 0 Å². The zero-order valence-electron chi connectivity index (χ0n) is 12.7. The van der Waals surface area contributed by atoms with E-state index in [2.05, 4.69) is 5.43 Å². The van der Waals surface area contributed by atoms with Crippen molar-refractivity contribution in [2.24, 2.45) is 0 Å². The predicted molar refractivity (Wildman–Crippen MR) is 79.2 cm³/mol.